The third-order valence-corrected chi connectivity index (χ3v) is 2.26. The number of hydrogen-bond acceptors (Lipinski definition) is 3. The Balaban J connectivity index is 2.76. The van der Waals surface area contributed by atoms with Gasteiger partial charge in [0.15, 0.2) is 5.11 Å². The number of nitrogens with two attached hydrogens (primary N) is 1. The van der Waals surface area contributed by atoms with Crippen LogP contribution in [0.2, 0.25) is 0 Å². The Kier molecular flexibility index (Phi) is 2.57. The van der Waals surface area contributed by atoms with Crippen molar-refractivity contribution in [2.45, 2.75) is 6.92 Å². The molecule has 0 aliphatic heterocycles. The highest BCUT2D eigenvalue weighted by molar-refractivity contribution is 7.80. The number of nitrogens with one attached hydrogen (secondary N) is 1. The number of aryl methyl sites for hydroxylation is 1. The lowest BCUT2D eigenvalue weighted by Crippen LogP contribution is -2.37. The molecule has 0 aliphatic rings. The van der Waals surface area contributed by atoms with Gasteiger partial charge in [0.2, 0.25) is 0 Å². The van der Waals surface area contributed by atoms with Crippen LogP contribution >= 0.6 is 12.2 Å². The van der Waals surface area contributed by atoms with E-state index in [0.717, 1.165) is 0 Å². The zero-order valence-electron chi connectivity index (χ0n) is 8.60. The summed E-state index contributed by atoms with van der Waals surface area (Å²) in [5.74, 6) is 0.511. The van der Waals surface area contributed by atoms with Gasteiger partial charge in [-0.15, -0.1) is 0 Å². The van der Waals surface area contributed by atoms with Crippen LogP contribution in [0.25, 0.3) is 10.9 Å². The van der Waals surface area contributed by atoms with E-state index in [1.165, 1.54) is 4.68 Å². The average molecular weight is 234 g/mol. The summed E-state index contributed by atoms with van der Waals surface area (Å²) in [6.07, 6.45) is 0. The summed E-state index contributed by atoms with van der Waals surface area (Å²) in [5.41, 5.74) is 8.37. The van der Waals surface area contributed by atoms with E-state index in [1.807, 2.05) is 6.07 Å². The first-order chi connectivity index (χ1) is 7.59. The lowest BCUT2D eigenvalue weighted by molar-refractivity contribution is 0.837. The molecule has 1 aromatic heterocycles. The summed E-state index contributed by atoms with van der Waals surface area (Å²) in [4.78, 5) is 16.3. The summed E-state index contributed by atoms with van der Waals surface area (Å²) >= 11 is 4.70. The van der Waals surface area contributed by atoms with Gasteiger partial charge in [-0.2, -0.15) is 0 Å². The minimum atomic E-state index is -0.212. The third kappa shape index (κ3) is 1.74. The predicted octanol–water partition coefficient (Wildman–Crippen LogP) is 0.492. The fourth-order valence-corrected chi connectivity index (χ4v) is 1.58. The molecule has 0 fully saturated rings. The highest BCUT2D eigenvalue weighted by atomic mass is 32.1. The lowest BCUT2D eigenvalue weighted by Gasteiger charge is -2.11. The molecule has 0 spiro atoms. The van der Waals surface area contributed by atoms with Crippen molar-refractivity contribution in [2.75, 3.05) is 5.43 Å². The molecule has 1 aromatic carbocycles. The lowest BCUT2D eigenvalue weighted by atomic mass is 10.2. The van der Waals surface area contributed by atoms with Crippen LogP contribution in [0.15, 0.2) is 29.1 Å². The molecule has 6 heteroatoms. The number of fused-ring (bicyclic) bond motifs is 1. The van der Waals surface area contributed by atoms with Gasteiger partial charge < -0.3 is 5.73 Å². The van der Waals surface area contributed by atoms with Gasteiger partial charge in [0.1, 0.15) is 5.82 Å². The van der Waals surface area contributed by atoms with E-state index in [-0.39, 0.29) is 10.7 Å². The summed E-state index contributed by atoms with van der Waals surface area (Å²) in [6, 6.07) is 7.11. The Morgan fingerprint density at radius 1 is 1.50 bits per heavy atom. The van der Waals surface area contributed by atoms with Crippen LogP contribution in [0.5, 0.6) is 0 Å². The largest absolute Gasteiger partial charge is 0.375 e. The van der Waals surface area contributed by atoms with Crippen molar-refractivity contribution in [1.82, 2.24) is 9.66 Å². The van der Waals surface area contributed by atoms with Crippen LogP contribution in [0.1, 0.15) is 5.82 Å². The fourth-order valence-electron chi connectivity index (χ4n) is 1.49. The Hall–Kier alpha value is -1.95. The first kappa shape index (κ1) is 10.6. The van der Waals surface area contributed by atoms with Gasteiger partial charge in [0, 0.05) is 0 Å². The van der Waals surface area contributed by atoms with Crippen molar-refractivity contribution in [3.63, 3.8) is 0 Å². The molecule has 0 radical (unpaired) electrons. The molecule has 82 valence electrons. The van der Waals surface area contributed by atoms with Gasteiger partial charge in [0.05, 0.1) is 10.9 Å². The van der Waals surface area contributed by atoms with Crippen LogP contribution < -0.4 is 16.7 Å². The van der Waals surface area contributed by atoms with Crippen molar-refractivity contribution >= 4 is 28.2 Å². The van der Waals surface area contributed by atoms with Gasteiger partial charge >= 0.3 is 0 Å². The number of thiocarbonyl (C=S) groups is 1. The second-order valence-electron chi connectivity index (χ2n) is 3.29. The maximum absolute atomic E-state index is 12.0. The van der Waals surface area contributed by atoms with Gasteiger partial charge in [-0.3, -0.25) is 10.2 Å². The monoisotopic (exact) mass is 234 g/mol. The highest BCUT2D eigenvalue weighted by Crippen LogP contribution is 2.06. The molecule has 16 heavy (non-hydrogen) atoms. The molecule has 2 rings (SSSR count). The van der Waals surface area contributed by atoms with Gasteiger partial charge in [0.25, 0.3) is 5.56 Å². The van der Waals surface area contributed by atoms with Crippen LogP contribution in [-0.4, -0.2) is 14.8 Å². The van der Waals surface area contributed by atoms with Crippen LogP contribution in [0.3, 0.4) is 0 Å². The Morgan fingerprint density at radius 2 is 2.19 bits per heavy atom. The van der Waals surface area contributed by atoms with Gasteiger partial charge in [-0.1, -0.05) is 12.1 Å². The first-order valence-corrected chi connectivity index (χ1v) is 5.05. The number of aromatic nitrogens is 2. The summed E-state index contributed by atoms with van der Waals surface area (Å²) in [5, 5.41) is 0.555. The molecule has 2 aromatic rings. The van der Waals surface area contributed by atoms with E-state index in [0.29, 0.717) is 16.7 Å². The smallest absolute Gasteiger partial charge is 0.280 e. The third-order valence-electron chi connectivity index (χ3n) is 2.17. The summed E-state index contributed by atoms with van der Waals surface area (Å²) in [6.45, 7) is 1.71. The molecule has 0 saturated heterocycles. The molecule has 0 atom stereocenters. The van der Waals surface area contributed by atoms with Crippen molar-refractivity contribution in [1.29, 1.82) is 0 Å². The molecule has 3 N–H and O–H groups in total. The van der Waals surface area contributed by atoms with Crippen molar-refractivity contribution in [3.8, 4) is 0 Å². The SMILES string of the molecule is Cc1nc2ccccc2c(=O)n1NC(N)=S. The number of hydrogen-bond donors (Lipinski definition) is 2. The predicted molar refractivity (Wildman–Crippen MR) is 66.9 cm³/mol. The highest BCUT2D eigenvalue weighted by Gasteiger charge is 2.07. The van der Waals surface area contributed by atoms with E-state index in [2.05, 4.69) is 10.4 Å². The number of nitrogens with zero attached hydrogens (tertiary/aromatic N) is 2. The molecule has 0 bridgehead atoms. The minimum absolute atomic E-state index is 0.0299. The van der Waals surface area contributed by atoms with E-state index < -0.39 is 0 Å². The number of rotatable bonds is 1. The second kappa shape index (κ2) is 3.90. The molecular weight excluding hydrogens is 224 g/mol. The molecule has 0 saturated carbocycles. The van der Waals surface area contributed by atoms with E-state index >= 15 is 0 Å². The normalized spacial score (nSPS) is 10.3. The molecule has 1 heterocycles. The minimum Gasteiger partial charge on any atom is -0.375 e. The van der Waals surface area contributed by atoms with Crippen molar-refractivity contribution in [2.24, 2.45) is 5.73 Å². The van der Waals surface area contributed by atoms with Gasteiger partial charge in [-0.25, -0.2) is 9.66 Å². The van der Waals surface area contributed by atoms with Crippen LogP contribution in [0, 0.1) is 6.92 Å². The topological polar surface area (TPSA) is 72.9 Å². The quantitative estimate of drug-likeness (QED) is 0.703. The van der Waals surface area contributed by atoms with E-state index in [1.54, 1.807) is 25.1 Å². The zero-order chi connectivity index (χ0) is 11.7. The maximum Gasteiger partial charge on any atom is 0.280 e. The van der Waals surface area contributed by atoms with Crippen molar-refractivity contribution < 1.29 is 0 Å². The molecule has 0 aliphatic carbocycles. The molecule has 0 unspecified atom stereocenters. The molecule has 0 amide bonds. The Morgan fingerprint density at radius 3 is 2.88 bits per heavy atom. The zero-order valence-corrected chi connectivity index (χ0v) is 9.41. The average Bonchev–Trinajstić information content (AvgIpc) is 2.24. The summed E-state index contributed by atoms with van der Waals surface area (Å²) < 4.78 is 1.24. The van der Waals surface area contributed by atoms with Gasteiger partial charge in [-0.05, 0) is 31.3 Å². The molecular formula is C10H10N4OS. The molecule has 5 nitrogen and oxygen atoms in total. The Labute approximate surface area is 96.9 Å². The first-order valence-electron chi connectivity index (χ1n) is 4.64. The Bertz CT molecular complexity index is 620. The van der Waals surface area contributed by atoms with Crippen LogP contribution in [-0.2, 0) is 0 Å². The van der Waals surface area contributed by atoms with E-state index in [9.17, 15) is 4.79 Å². The summed E-state index contributed by atoms with van der Waals surface area (Å²) in [7, 11) is 0. The second-order valence-corrected chi connectivity index (χ2v) is 3.73. The number of benzene rings is 1. The number of para-hydroxylation sites is 1. The fraction of sp³-hybridized carbons (Fsp3) is 0.100. The van der Waals surface area contributed by atoms with E-state index in [4.69, 9.17) is 18.0 Å². The maximum atomic E-state index is 12.0. The van der Waals surface area contributed by atoms with Crippen molar-refractivity contribution in [3.05, 3.63) is 40.4 Å². The van der Waals surface area contributed by atoms with Crippen LogP contribution in [0.4, 0.5) is 0 Å². The standard InChI is InChI=1S/C10H10N4OS/c1-6-12-8-5-3-2-4-7(8)9(15)14(6)13-10(11)16/h2-5H,1H3,(H3,11,13,16).